The van der Waals surface area contributed by atoms with Crippen LogP contribution in [-0.2, 0) is 20.0 Å². The number of aromatic hydroxyl groups is 1. The van der Waals surface area contributed by atoms with Crippen molar-refractivity contribution in [3.63, 3.8) is 0 Å². The fourth-order valence-corrected chi connectivity index (χ4v) is 5.73. The second-order valence-corrected chi connectivity index (χ2v) is 11.2. The molecule has 6 N–H and O–H groups in total. The Kier molecular flexibility index (Phi) is 7.08. The number of carbonyl (C=O) groups is 1. The number of aromatic nitrogens is 1. The molecule has 1 amide bonds. The molecule has 0 fully saturated rings. The minimum absolute atomic E-state index is 0.0427. The highest BCUT2D eigenvalue weighted by Gasteiger charge is 2.33. The van der Waals surface area contributed by atoms with Crippen LogP contribution in [0.2, 0.25) is 0 Å². The van der Waals surface area contributed by atoms with Crippen LogP contribution in [0.1, 0.15) is 21.5 Å². The maximum atomic E-state index is 12.8. The van der Waals surface area contributed by atoms with E-state index in [1.807, 2.05) is 0 Å². The number of benzene rings is 2. The van der Waals surface area contributed by atoms with Crippen LogP contribution in [-0.4, -0.2) is 75.1 Å². The largest absolute Gasteiger partial charge is 0.494 e. The third-order valence-corrected chi connectivity index (χ3v) is 8.30. The van der Waals surface area contributed by atoms with Crippen LogP contribution in [0.3, 0.4) is 0 Å². The third-order valence-electron chi connectivity index (χ3n) is 5.34. The molecule has 0 unspecified atom stereocenters. The number of sulfonamides is 2. The van der Waals surface area contributed by atoms with Crippen molar-refractivity contribution < 1.29 is 36.9 Å². The summed E-state index contributed by atoms with van der Waals surface area (Å²) < 4.78 is 53.4. The average molecular weight is 535 g/mol. The summed E-state index contributed by atoms with van der Waals surface area (Å²) >= 11 is 0. The minimum Gasteiger partial charge on any atom is -0.494 e. The Bertz CT molecular complexity index is 1540. The fourth-order valence-electron chi connectivity index (χ4n) is 3.69. The molecule has 190 valence electrons. The van der Waals surface area contributed by atoms with E-state index in [4.69, 9.17) is 10.2 Å². The maximum absolute atomic E-state index is 12.8. The number of amides is 1. The molecule has 3 aromatic rings. The van der Waals surface area contributed by atoms with Gasteiger partial charge in [0.05, 0.1) is 45.5 Å². The third kappa shape index (κ3) is 4.82. The zero-order valence-corrected chi connectivity index (χ0v) is 20.2. The van der Waals surface area contributed by atoms with Crippen molar-refractivity contribution in [2.24, 2.45) is 4.99 Å². The van der Waals surface area contributed by atoms with Gasteiger partial charge >= 0.3 is 0 Å². The first kappa shape index (κ1) is 25.7. The van der Waals surface area contributed by atoms with Crippen molar-refractivity contribution in [1.82, 2.24) is 14.4 Å². The van der Waals surface area contributed by atoms with Gasteiger partial charge in [0, 0.05) is 18.7 Å². The van der Waals surface area contributed by atoms with Crippen molar-refractivity contribution in [1.29, 1.82) is 0 Å². The summed E-state index contributed by atoms with van der Waals surface area (Å²) in [5.41, 5.74) is 1.44. The van der Waals surface area contributed by atoms with Gasteiger partial charge in [0.15, 0.2) is 5.88 Å². The predicted molar refractivity (Wildman–Crippen MR) is 129 cm³/mol. The fraction of sp³-hybridized carbons (Fsp3) is 0.182. The summed E-state index contributed by atoms with van der Waals surface area (Å²) in [7, 11) is -7.65. The Morgan fingerprint density at radius 2 is 1.22 bits per heavy atom. The molecule has 36 heavy (non-hydrogen) atoms. The van der Waals surface area contributed by atoms with Crippen molar-refractivity contribution in [2.75, 3.05) is 26.3 Å². The van der Waals surface area contributed by atoms with Gasteiger partial charge in [-0.3, -0.25) is 4.79 Å². The number of rotatable bonds is 10. The Balaban J connectivity index is 1.65. The number of carbonyl (C=O) groups excluding carboxylic acids is 1. The number of aliphatic hydroxyl groups is 2. The standard InChI is InChI=1S/C22H22N4O8S2/c27-11-9-23-35(31,32)15-5-1-13(2-6-15)19-17-18(22(30)25-19)20(26-21(17)29)14-3-7-16(8-4-14)36(33,34)24-10-12-28/h1-8,23-25,27-28,30H,9-12H2. The summed E-state index contributed by atoms with van der Waals surface area (Å²) in [6.07, 6.45) is 0. The quantitative estimate of drug-likeness (QED) is 0.207. The first-order valence-electron chi connectivity index (χ1n) is 10.6. The van der Waals surface area contributed by atoms with Gasteiger partial charge in [0.25, 0.3) is 5.91 Å². The summed E-state index contributed by atoms with van der Waals surface area (Å²) in [6, 6.07) is 11.1. The zero-order chi connectivity index (χ0) is 26.1. The second kappa shape index (κ2) is 9.93. The summed E-state index contributed by atoms with van der Waals surface area (Å²) in [4.78, 5) is 19.5. The predicted octanol–water partition coefficient (Wildman–Crippen LogP) is -0.0803. The zero-order valence-electron chi connectivity index (χ0n) is 18.6. The molecule has 1 aliphatic heterocycles. The number of aliphatic hydroxyl groups excluding tert-OH is 2. The monoisotopic (exact) mass is 534 g/mol. The Hall–Kier alpha value is -3.40. The molecule has 0 saturated carbocycles. The highest BCUT2D eigenvalue weighted by atomic mass is 32.2. The number of aliphatic imine (C=N–C) groups is 1. The van der Waals surface area contributed by atoms with Crippen LogP contribution >= 0.6 is 0 Å². The molecule has 0 aliphatic carbocycles. The van der Waals surface area contributed by atoms with E-state index >= 15 is 0 Å². The molecular weight excluding hydrogens is 512 g/mol. The number of H-pyrrole nitrogens is 1. The Labute approximate surface area is 206 Å². The van der Waals surface area contributed by atoms with Gasteiger partial charge in [-0.25, -0.2) is 31.3 Å². The molecule has 1 aliphatic rings. The average Bonchev–Trinajstić information content (AvgIpc) is 3.39. The van der Waals surface area contributed by atoms with Crippen LogP contribution in [0.25, 0.3) is 11.3 Å². The van der Waals surface area contributed by atoms with E-state index in [0.29, 0.717) is 11.1 Å². The van der Waals surface area contributed by atoms with Crippen LogP contribution in [0.4, 0.5) is 0 Å². The number of hydrogen-bond acceptors (Lipinski definition) is 8. The smallest absolute Gasteiger partial charge is 0.280 e. The molecule has 0 atom stereocenters. The van der Waals surface area contributed by atoms with Crippen molar-refractivity contribution >= 4 is 31.7 Å². The lowest BCUT2D eigenvalue weighted by atomic mass is 10.0. The lowest BCUT2D eigenvalue weighted by Gasteiger charge is -2.07. The van der Waals surface area contributed by atoms with E-state index in [2.05, 4.69) is 19.4 Å². The maximum Gasteiger partial charge on any atom is 0.280 e. The van der Waals surface area contributed by atoms with Crippen molar-refractivity contribution in [3.8, 4) is 17.1 Å². The molecule has 14 heteroatoms. The van der Waals surface area contributed by atoms with Crippen LogP contribution in [0.5, 0.6) is 5.88 Å². The van der Waals surface area contributed by atoms with Gasteiger partial charge < -0.3 is 20.3 Å². The van der Waals surface area contributed by atoms with Gasteiger partial charge in [0.2, 0.25) is 20.0 Å². The van der Waals surface area contributed by atoms with Crippen LogP contribution < -0.4 is 9.44 Å². The number of hydrogen-bond donors (Lipinski definition) is 6. The van der Waals surface area contributed by atoms with Crippen LogP contribution in [0.15, 0.2) is 63.3 Å². The molecule has 12 nitrogen and oxygen atoms in total. The second-order valence-electron chi connectivity index (χ2n) is 7.66. The summed E-state index contributed by atoms with van der Waals surface area (Å²) in [6.45, 7) is -0.981. The number of aromatic amines is 1. The molecule has 2 aromatic carbocycles. The number of fused-ring (bicyclic) bond motifs is 1. The molecule has 0 spiro atoms. The van der Waals surface area contributed by atoms with E-state index in [9.17, 15) is 26.7 Å². The van der Waals surface area contributed by atoms with Crippen LogP contribution in [0, 0.1) is 0 Å². The van der Waals surface area contributed by atoms with Gasteiger partial charge in [-0.05, 0) is 29.8 Å². The van der Waals surface area contributed by atoms with E-state index in [1.165, 1.54) is 48.5 Å². The highest BCUT2D eigenvalue weighted by Crippen LogP contribution is 2.38. The number of nitrogens with one attached hydrogen (secondary N) is 3. The first-order chi connectivity index (χ1) is 17.1. The Morgan fingerprint density at radius 1 is 0.750 bits per heavy atom. The number of nitrogens with zero attached hydrogens (tertiary/aromatic N) is 1. The molecule has 1 aromatic heterocycles. The van der Waals surface area contributed by atoms with Gasteiger partial charge in [-0.15, -0.1) is 0 Å². The molecule has 4 rings (SSSR count). The molecule has 0 saturated heterocycles. The summed E-state index contributed by atoms with van der Waals surface area (Å²) in [5.74, 6) is -0.957. The molecule has 0 radical (unpaired) electrons. The van der Waals surface area contributed by atoms with E-state index in [0.717, 1.165) is 0 Å². The van der Waals surface area contributed by atoms with Gasteiger partial charge in [-0.2, -0.15) is 0 Å². The van der Waals surface area contributed by atoms with Crippen molar-refractivity contribution in [3.05, 3.63) is 65.2 Å². The molecule has 0 bridgehead atoms. The highest BCUT2D eigenvalue weighted by molar-refractivity contribution is 7.89. The molecule has 2 heterocycles. The normalized spacial score (nSPS) is 13.6. The SMILES string of the molecule is O=C1N=C(c2ccc(S(=O)(=O)NCCO)cc2)c2c(O)[nH]c(-c3ccc(S(=O)(=O)NCCO)cc3)c21. The van der Waals surface area contributed by atoms with E-state index < -0.39 is 26.0 Å². The van der Waals surface area contributed by atoms with Gasteiger partial charge in [-0.1, -0.05) is 24.3 Å². The lowest BCUT2D eigenvalue weighted by molar-refractivity contribution is 0.101. The van der Waals surface area contributed by atoms with E-state index in [1.54, 1.807) is 0 Å². The van der Waals surface area contributed by atoms with E-state index in [-0.39, 0.29) is 64.5 Å². The molecular formula is C22H22N4O8S2. The van der Waals surface area contributed by atoms with Gasteiger partial charge in [0.1, 0.15) is 0 Å². The first-order valence-corrected chi connectivity index (χ1v) is 13.6. The van der Waals surface area contributed by atoms with Crippen molar-refractivity contribution in [2.45, 2.75) is 9.79 Å². The Morgan fingerprint density at radius 3 is 1.69 bits per heavy atom. The minimum atomic E-state index is -3.83. The summed E-state index contributed by atoms with van der Waals surface area (Å²) in [5, 5.41) is 28.2. The lowest BCUT2D eigenvalue weighted by Crippen LogP contribution is -2.26. The topological polar surface area (TPSA) is 198 Å².